The minimum atomic E-state index is -0.170. The van der Waals surface area contributed by atoms with Crippen molar-refractivity contribution < 1.29 is 9.53 Å². The third-order valence-corrected chi connectivity index (χ3v) is 4.31. The van der Waals surface area contributed by atoms with Crippen molar-refractivity contribution in [1.29, 1.82) is 0 Å². The van der Waals surface area contributed by atoms with Crippen molar-refractivity contribution in [2.45, 2.75) is 32.0 Å². The van der Waals surface area contributed by atoms with Gasteiger partial charge in [0.25, 0.3) is 0 Å². The first kappa shape index (κ1) is 16.3. The molecule has 1 amide bonds. The molecule has 7 nitrogen and oxygen atoms in total. The summed E-state index contributed by atoms with van der Waals surface area (Å²) in [5.74, 6) is 0.367. The summed E-state index contributed by atoms with van der Waals surface area (Å²) in [5.41, 5.74) is 2.40. The van der Waals surface area contributed by atoms with E-state index in [1.165, 1.54) is 11.6 Å². The van der Waals surface area contributed by atoms with Gasteiger partial charge in [0.1, 0.15) is 0 Å². The molecule has 1 saturated heterocycles. The summed E-state index contributed by atoms with van der Waals surface area (Å²) in [6.07, 6.45) is 2.14. The summed E-state index contributed by atoms with van der Waals surface area (Å²) < 4.78 is 6.10. The molecule has 0 spiro atoms. The van der Waals surface area contributed by atoms with Crippen LogP contribution in [0.25, 0.3) is 0 Å². The molecule has 0 bridgehead atoms. The maximum absolute atomic E-state index is 11.9. The van der Waals surface area contributed by atoms with Crippen molar-refractivity contribution in [3.05, 3.63) is 53.9 Å². The number of aromatic amines is 1. The maximum atomic E-state index is 11.9. The average Bonchev–Trinajstić information content (AvgIpc) is 3.28. The van der Waals surface area contributed by atoms with E-state index in [1.54, 1.807) is 4.90 Å². The first-order valence-corrected chi connectivity index (χ1v) is 8.05. The van der Waals surface area contributed by atoms with E-state index in [1.807, 2.05) is 12.1 Å². The third-order valence-electron chi connectivity index (χ3n) is 4.31. The Morgan fingerprint density at radius 3 is 3.00 bits per heavy atom. The van der Waals surface area contributed by atoms with E-state index in [0.717, 1.165) is 12.0 Å². The Hall–Kier alpha value is -2.54. The highest BCUT2D eigenvalue weighted by atomic mass is 16.5. The first-order chi connectivity index (χ1) is 11.7. The molecule has 0 saturated carbocycles. The minimum Gasteiger partial charge on any atom is -0.371 e. The number of nitrogens with zero attached hydrogens (tertiary/aromatic N) is 4. The van der Waals surface area contributed by atoms with Gasteiger partial charge in [0, 0.05) is 13.1 Å². The largest absolute Gasteiger partial charge is 0.371 e. The number of H-pyrrole nitrogens is 1. The lowest BCUT2D eigenvalue weighted by molar-refractivity contribution is -0.125. The standard InChI is InChI=1S/C17H21N5O2/c1-3-12-6-5-7-13(8-12)11-24-15-10-22(16(23)4-2)9-14(15)17-18-20-21-19-17/h4-8,14-15H,2-3,9-11H2,1H3,(H,18,19,20,21)/t14-,15-/m1/s1. The fourth-order valence-corrected chi connectivity index (χ4v) is 2.97. The van der Waals surface area contributed by atoms with Crippen LogP contribution in [0.3, 0.4) is 0 Å². The number of aryl methyl sites for hydroxylation is 1. The second-order valence-corrected chi connectivity index (χ2v) is 5.85. The predicted molar refractivity (Wildman–Crippen MR) is 88.1 cm³/mol. The molecule has 2 atom stereocenters. The summed E-state index contributed by atoms with van der Waals surface area (Å²) in [7, 11) is 0. The molecule has 1 aromatic carbocycles. The van der Waals surface area contributed by atoms with E-state index < -0.39 is 0 Å². The van der Waals surface area contributed by atoms with Gasteiger partial charge in [-0.1, -0.05) is 43.0 Å². The van der Waals surface area contributed by atoms with Crippen molar-refractivity contribution in [1.82, 2.24) is 25.5 Å². The Balaban J connectivity index is 1.71. The van der Waals surface area contributed by atoms with Crippen molar-refractivity contribution in [3.63, 3.8) is 0 Å². The number of aromatic nitrogens is 4. The van der Waals surface area contributed by atoms with Gasteiger partial charge in [-0.2, -0.15) is 5.21 Å². The smallest absolute Gasteiger partial charge is 0.246 e. The summed E-state index contributed by atoms with van der Waals surface area (Å²) in [5, 5.41) is 14.2. The van der Waals surface area contributed by atoms with Crippen molar-refractivity contribution >= 4 is 5.91 Å². The van der Waals surface area contributed by atoms with Gasteiger partial charge in [-0.05, 0) is 23.6 Å². The molecule has 24 heavy (non-hydrogen) atoms. The average molecular weight is 327 g/mol. The molecular weight excluding hydrogens is 306 g/mol. The summed E-state index contributed by atoms with van der Waals surface area (Å²) in [6, 6.07) is 8.33. The van der Waals surface area contributed by atoms with Crippen LogP contribution in [0, 0.1) is 0 Å². The Morgan fingerprint density at radius 2 is 2.29 bits per heavy atom. The zero-order chi connectivity index (χ0) is 16.9. The number of nitrogens with one attached hydrogen (secondary N) is 1. The lowest BCUT2D eigenvalue weighted by Gasteiger charge is -2.16. The van der Waals surface area contributed by atoms with Crippen LogP contribution >= 0.6 is 0 Å². The Bertz CT molecular complexity index is 701. The van der Waals surface area contributed by atoms with Crippen LogP contribution in [0.1, 0.15) is 29.8 Å². The van der Waals surface area contributed by atoms with E-state index in [0.29, 0.717) is 25.5 Å². The molecule has 1 fully saturated rings. The molecule has 7 heteroatoms. The van der Waals surface area contributed by atoms with Gasteiger partial charge in [-0.15, -0.1) is 10.2 Å². The van der Waals surface area contributed by atoms with Gasteiger partial charge >= 0.3 is 0 Å². The Morgan fingerprint density at radius 1 is 1.46 bits per heavy atom. The van der Waals surface area contributed by atoms with Crippen molar-refractivity contribution in [3.8, 4) is 0 Å². The molecule has 1 aromatic heterocycles. The number of likely N-dealkylation sites (tertiary alicyclic amines) is 1. The normalized spacial score (nSPS) is 20.3. The number of carbonyl (C=O) groups is 1. The molecule has 1 aliphatic rings. The van der Waals surface area contributed by atoms with Crippen LogP contribution < -0.4 is 0 Å². The van der Waals surface area contributed by atoms with Gasteiger partial charge in [0.05, 0.1) is 18.6 Å². The fraction of sp³-hybridized carbons (Fsp3) is 0.412. The zero-order valence-electron chi connectivity index (χ0n) is 13.7. The fourth-order valence-electron chi connectivity index (χ4n) is 2.97. The molecule has 0 radical (unpaired) electrons. The van der Waals surface area contributed by atoms with Crippen LogP contribution in [0.4, 0.5) is 0 Å². The molecule has 1 N–H and O–H groups in total. The highest BCUT2D eigenvalue weighted by Gasteiger charge is 2.38. The SMILES string of the molecule is C=CC(=O)N1C[C@@H](OCc2cccc(CC)c2)[C@H](c2nn[nH]n2)C1. The summed E-state index contributed by atoms with van der Waals surface area (Å²) >= 11 is 0. The Kier molecular flexibility index (Phi) is 5.00. The number of tetrazole rings is 1. The van der Waals surface area contributed by atoms with Gasteiger partial charge in [-0.25, -0.2) is 0 Å². The van der Waals surface area contributed by atoms with Crippen molar-refractivity contribution in [2.24, 2.45) is 0 Å². The number of benzene rings is 1. The van der Waals surface area contributed by atoms with Gasteiger partial charge in [0.2, 0.25) is 5.91 Å². The first-order valence-electron chi connectivity index (χ1n) is 8.05. The van der Waals surface area contributed by atoms with Crippen LogP contribution in [0.15, 0.2) is 36.9 Å². The highest BCUT2D eigenvalue weighted by molar-refractivity contribution is 5.87. The van der Waals surface area contributed by atoms with Crippen LogP contribution in [-0.4, -0.2) is 50.6 Å². The molecule has 3 rings (SSSR count). The zero-order valence-corrected chi connectivity index (χ0v) is 13.7. The van der Waals surface area contributed by atoms with E-state index in [-0.39, 0.29) is 17.9 Å². The number of hydrogen-bond acceptors (Lipinski definition) is 5. The van der Waals surface area contributed by atoms with Crippen LogP contribution in [0.5, 0.6) is 0 Å². The van der Waals surface area contributed by atoms with E-state index in [2.05, 4.69) is 46.3 Å². The monoisotopic (exact) mass is 327 g/mol. The van der Waals surface area contributed by atoms with Crippen LogP contribution in [-0.2, 0) is 22.6 Å². The molecule has 0 aliphatic carbocycles. The summed E-state index contributed by atoms with van der Waals surface area (Å²) in [6.45, 7) is 7.17. The minimum absolute atomic E-state index is 0.0954. The molecule has 1 aliphatic heterocycles. The lowest BCUT2D eigenvalue weighted by Crippen LogP contribution is -2.28. The Labute approximate surface area is 140 Å². The second-order valence-electron chi connectivity index (χ2n) is 5.85. The van der Waals surface area contributed by atoms with Gasteiger partial charge in [-0.3, -0.25) is 4.79 Å². The van der Waals surface area contributed by atoms with E-state index in [9.17, 15) is 4.79 Å². The number of rotatable bonds is 6. The lowest BCUT2D eigenvalue weighted by atomic mass is 10.1. The quantitative estimate of drug-likeness (QED) is 0.812. The highest BCUT2D eigenvalue weighted by Crippen LogP contribution is 2.28. The molecule has 2 heterocycles. The van der Waals surface area contributed by atoms with Crippen molar-refractivity contribution in [2.75, 3.05) is 13.1 Å². The van der Waals surface area contributed by atoms with E-state index in [4.69, 9.17) is 4.74 Å². The molecular formula is C17H21N5O2. The molecule has 2 aromatic rings. The van der Waals surface area contributed by atoms with Crippen LogP contribution in [0.2, 0.25) is 0 Å². The van der Waals surface area contributed by atoms with E-state index >= 15 is 0 Å². The van der Waals surface area contributed by atoms with Gasteiger partial charge in [0.15, 0.2) is 5.82 Å². The number of hydrogen-bond donors (Lipinski definition) is 1. The molecule has 0 unspecified atom stereocenters. The number of carbonyl (C=O) groups excluding carboxylic acids is 1. The second kappa shape index (κ2) is 7.35. The number of ether oxygens (including phenoxy) is 1. The van der Waals surface area contributed by atoms with Gasteiger partial charge < -0.3 is 9.64 Å². The predicted octanol–water partition coefficient (Wildman–Crippen LogP) is 1.46. The maximum Gasteiger partial charge on any atom is 0.246 e. The third kappa shape index (κ3) is 3.51. The summed E-state index contributed by atoms with van der Waals surface area (Å²) in [4.78, 5) is 13.6. The number of amides is 1. The molecule has 126 valence electrons. The topological polar surface area (TPSA) is 84.0 Å².